The topological polar surface area (TPSA) is 56.2 Å². The number of amides is 1. The number of benzene rings is 1. The van der Waals surface area contributed by atoms with Crippen LogP contribution in [0.25, 0.3) is 11.3 Å². The maximum Gasteiger partial charge on any atom is 0.251 e. The third-order valence-corrected chi connectivity index (χ3v) is 4.50. The molecule has 5 nitrogen and oxygen atoms in total. The van der Waals surface area contributed by atoms with Crippen LogP contribution in [0.15, 0.2) is 30.7 Å². The van der Waals surface area contributed by atoms with Crippen LogP contribution < -0.4 is 10.1 Å². The minimum atomic E-state index is -1.15. The van der Waals surface area contributed by atoms with Crippen molar-refractivity contribution in [2.45, 2.75) is 38.0 Å². The lowest BCUT2D eigenvalue weighted by atomic mass is 9.79. The summed E-state index contributed by atoms with van der Waals surface area (Å²) in [6.45, 7) is 2.86. The molecule has 1 fully saturated rings. The van der Waals surface area contributed by atoms with Crippen molar-refractivity contribution in [1.29, 1.82) is 0 Å². The second-order valence-corrected chi connectivity index (χ2v) is 6.52. The minimum absolute atomic E-state index is 0.0851. The predicted molar refractivity (Wildman–Crippen MR) is 83.2 cm³/mol. The van der Waals surface area contributed by atoms with Gasteiger partial charge in [-0.3, -0.25) is 4.79 Å². The Morgan fingerprint density at radius 2 is 2.30 bits per heavy atom. The summed E-state index contributed by atoms with van der Waals surface area (Å²) in [5, 5.41) is 2.89. The summed E-state index contributed by atoms with van der Waals surface area (Å²) >= 11 is 0. The van der Waals surface area contributed by atoms with Gasteiger partial charge in [-0.2, -0.15) is 0 Å². The fraction of sp³-hybridized carbons (Fsp3) is 0.412. The molecule has 2 aromatic rings. The lowest BCUT2D eigenvalue weighted by Crippen LogP contribution is -2.51. The Morgan fingerprint density at radius 1 is 1.48 bits per heavy atom. The number of aromatic nitrogens is 2. The average molecular weight is 315 g/mol. The smallest absolute Gasteiger partial charge is 0.251 e. The van der Waals surface area contributed by atoms with E-state index in [2.05, 4.69) is 10.3 Å². The Hall–Kier alpha value is -2.37. The summed E-state index contributed by atoms with van der Waals surface area (Å²) in [7, 11) is 0. The van der Waals surface area contributed by atoms with Gasteiger partial charge < -0.3 is 14.6 Å². The van der Waals surface area contributed by atoms with Gasteiger partial charge in [-0.05, 0) is 25.1 Å². The van der Waals surface area contributed by atoms with E-state index >= 15 is 0 Å². The largest absolute Gasteiger partial charge is 0.491 e. The van der Waals surface area contributed by atoms with Crippen LogP contribution in [-0.4, -0.2) is 33.8 Å². The summed E-state index contributed by atoms with van der Waals surface area (Å²) in [4.78, 5) is 16.6. The van der Waals surface area contributed by atoms with E-state index in [4.69, 9.17) is 4.74 Å². The van der Waals surface area contributed by atoms with Gasteiger partial charge in [-0.15, -0.1) is 0 Å². The summed E-state index contributed by atoms with van der Waals surface area (Å²) in [6.07, 6.45) is 4.28. The van der Waals surface area contributed by atoms with Gasteiger partial charge in [0, 0.05) is 30.0 Å². The van der Waals surface area contributed by atoms with E-state index in [0.29, 0.717) is 25.0 Å². The molecular formula is C17H18FN3O2. The van der Waals surface area contributed by atoms with Crippen LogP contribution in [0.5, 0.6) is 5.75 Å². The quantitative estimate of drug-likeness (QED) is 0.926. The molecule has 0 spiro atoms. The number of nitrogens with zero attached hydrogens (tertiary/aromatic N) is 2. The van der Waals surface area contributed by atoms with Crippen LogP contribution in [-0.2, 0) is 6.54 Å². The lowest BCUT2D eigenvalue weighted by Gasteiger charge is -2.38. The molecule has 1 amide bonds. The van der Waals surface area contributed by atoms with Crippen molar-refractivity contribution in [2.24, 2.45) is 0 Å². The van der Waals surface area contributed by atoms with E-state index < -0.39 is 5.67 Å². The SMILES string of the molecule is CC1(F)CC(NC(=O)c2ccc3c(c2)-c2cncn2CCO3)C1. The molecule has 0 atom stereocenters. The van der Waals surface area contributed by atoms with Crippen molar-refractivity contribution in [1.82, 2.24) is 14.9 Å². The number of fused-ring (bicyclic) bond motifs is 3. The lowest BCUT2D eigenvalue weighted by molar-refractivity contribution is 0.0445. The van der Waals surface area contributed by atoms with Gasteiger partial charge in [0.15, 0.2) is 0 Å². The first-order valence-electron chi connectivity index (χ1n) is 7.79. The zero-order valence-corrected chi connectivity index (χ0v) is 12.9. The molecular weight excluding hydrogens is 297 g/mol. The molecule has 1 aromatic carbocycles. The van der Waals surface area contributed by atoms with E-state index in [0.717, 1.165) is 23.6 Å². The van der Waals surface area contributed by atoms with Crippen molar-refractivity contribution in [2.75, 3.05) is 6.61 Å². The Morgan fingerprint density at radius 3 is 3.09 bits per heavy atom. The molecule has 2 aliphatic rings. The molecule has 23 heavy (non-hydrogen) atoms. The van der Waals surface area contributed by atoms with Crippen molar-refractivity contribution in [3.05, 3.63) is 36.3 Å². The molecule has 1 aromatic heterocycles. The highest BCUT2D eigenvalue weighted by Gasteiger charge is 2.41. The van der Waals surface area contributed by atoms with Crippen molar-refractivity contribution >= 4 is 5.91 Å². The highest BCUT2D eigenvalue weighted by Crippen LogP contribution is 2.36. The van der Waals surface area contributed by atoms with E-state index in [-0.39, 0.29) is 11.9 Å². The fourth-order valence-corrected chi connectivity index (χ4v) is 3.31. The van der Waals surface area contributed by atoms with Crippen molar-refractivity contribution < 1.29 is 13.9 Å². The minimum Gasteiger partial charge on any atom is -0.491 e. The monoisotopic (exact) mass is 315 g/mol. The van der Waals surface area contributed by atoms with Crippen LogP contribution >= 0.6 is 0 Å². The van der Waals surface area contributed by atoms with Crippen LogP contribution in [0.4, 0.5) is 4.39 Å². The molecule has 4 rings (SSSR count). The Kier molecular flexibility index (Phi) is 3.14. The second kappa shape index (κ2) is 5.08. The highest BCUT2D eigenvalue weighted by molar-refractivity contribution is 5.96. The maximum atomic E-state index is 13.5. The van der Waals surface area contributed by atoms with Crippen molar-refractivity contribution in [3.8, 4) is 17.0 Å². The number of carbonyl (C=O) groups is 1. The zero-order chi connectivity index (χ0) is 16.0. The molecule has 1 aliphatic heterocycles. The number of carbonyl (C=O) groups excluding carboxylic acids is 1. The number of alkyl halides is 1. The first kappa shape index (κ1) is 14.2. The number of imidazole rings is 1. The number of nitrogens with one attached hydrogen (secondary N) is 1. The Bertz CT molecular complexity index is 761. The molecule has 120 valence electrons. The molecule has 2 heterocycles. The van der Waals surface area contributed by atoms with E-state index in [1.807, 2.05) is 16.7 Å². The van der Waals surface area contributed by atoms with E-state index in [1.54, 1.807) is 25.5 Å². The molecule has 0 bridgehead atoms. The summed E-state index contributed by atoms with van der Waals surface area (Å²) in [5.74, 6) is 0.574. The van der Waals surface area contributed by atoms with Gasteiger partial charge in [-0.1, -0.05) is 0 Å². The molecule has 0 saturated heterocycles. The van der Waals surface area contributed by atoms with Gasteiger partial charge in [0.1, 0.15) is 18.0 Å². The number of rotatable bonds is 2. The number of halogens is 1. The first-order valence-corrected chi connectivity index (χ1v) is 7.79. The third kappa shape index (κ3) is 2.58. The summed E-state index contributed by atoms with van der Waals surface area (Å²) < 4.78 is 21.3. The summed E-state index contributed by atoms with van der Waals surface area (Å²) in [6, 6.07) is 5.29. The number of hydrogen-bond donors (Lipinski definition) is 1. The molecule has 0 radical (unpaired) electrons. The van der Waals surface area contributed by atoms with Gasteiger partial charge >= 0.3 is 0 Å². The van der Waals surface area contributed by atoms with E-state index in [1.165, 1.54) is 0 Å². The zero-order valence-electron chi connectivity index (χ0n) is 12.9. The molecule has 0 unspecified atom stereocenters. The Labute approximate surface area is 133 Å². The van der Waals surface area contributed by atoms with Gasteiger partial charge in [-0.25, -0.2) is 9.37 Å². The van der Waals surface area contributed by atoms with Crippen LogP contribution in [0.3, 0.4) is 0 Å². The first-order chi connectivity index (χ1) is 11.0. The van der Waals surface area contributed by atoms with Gasteiger partial charge in [0.2, 0.25) is 0 Å². The normalized spacial score (nSPS) is 25.4. The standard InChI is InChI=1S/C17H18FN3O2/c1-17(18)7-12(8-17)20-16(22)11-2-3-15-13(6-11)14-9-19-10-21(14)4-5-23-15/h2-3,6,9-10,12H,4-5,7-8H2,1H3,(H,20,22). The highest BCUT2D eigenvalue weighted by atomic mass is 19.1. The molecule has 1 saturated carbocycles. The maximum absolute atomic E-state index is 13.5. The van der Waals surface area contributed by atoms with Crippen LogP contribution in [0, 0.1) is 0 Å². The van der Waals surface area contributed by atoms with Crippen LogP contribution in [0.2, 0.25) is 0 Å². The Balaban J connectivity index is 1.59. The molecule has 1 N–H and O–H groups in total. The average Bonchev–Trinajstić information content (AvgIpc) is 2.87. The fourth-order valence-electron chi connectivity index (χ4n) is 3.31. The number of ether oxygens (including phenoxy) is 1. The van der Waals surface area contributed by atoms with Crippen LogP contribution in [0.1, 0.15) is 30.1 Å². The summed E-state index contributed by atoms with van der Waals surface area (Å²) in [5.41, 5.74) is 1.20. The van der Waals surface area contributed by atoms with Gasteiger partial charge in [0.05, 0.1) is 24.8 Å². The molecule has 1 aliphatic carbocycles. The van der Waals surface area contributed by atoms with Crippen molar-refractivity contribution in [3.63, 3.8) is 0 Å². The van der Waals surface area contributed by atoms with Gasteiger partial charge in [0.25, 0.3) is 5.91 Å². The predicted octanol–water partition coefficient (Wildman–Crippen LogP) is 2.56. The third-order valence-electron chi connectivity index (χ3n) is 4.50. The van der Waals surface area contributed by atoms with E-state index in [9.17, 15) is 9.18 Å². The number of hydrogen-bond acceptors (Lipinski definition) is 3. The second-order valence-electron chi connectivity index (χ2n) is 6.52. The molecule has 6 heteroatoms.